The number of ether oxygens (including phenoxy) is 4. The van der Waals surface area contributed by atoms with Crippen molar-refractivity contribution in [3.8, 4) is 23.0 Å². The van der Waals surface area contributed by atoms with Gasteiger partial charge in [0.2, 0.25) is 0 Å². The summed E-state index contributed by atoms with van der Waals surface area (Å²) in [5, 5.41) is -1.57. The molecule has 0 aliphatic carbocycles. The maximum absolute atomic E-state index is 12.8. The minimum atomic E-state index is -1.29. The Balaban J connectivity index is 1.76. The van der Waals surface area contributed by atoms with Crippen LogP contribution >= 0.6 is 25.3 Å². The Labute approximate surface area is 186 Å². The Morgan fingerprint density at radius 2 is 1.32 bits per heavy atom. The molecule has 2 heterocycles. The molecule has 3 aromatic rings. The van der Waals surface area contributed by atoms with Crippen LogP contribution < -0.4 is 14.2 Å². The summed E-state index contributed by atoms with van der Waals surface area (Å²) in [4.78, 5) is 35.3. The van der Waals surface area contributed by atoms with E-state index in [1.807, 2.05) is 12.1 Å². The molecule has 0 atom stereocenters. The zero-order valence-electron chi connectivity index (χ0n) is 15.5. The fourth-order valence-electron chi connectivity index (χ4n) is 3.97. The molecule has 7 nitrogen and oxygen atoms in total. The lowest BCUT2D eigenvalue weighted by atomic mass is 9.77. The van der Waals surface area contributed by atoms with Gasteiger partial charge in [0.05, 0.1) is 5.56 Å². The van der Waals surface area contributed by atoms with Crippen LogP contribution in [0.5, 0.6) is 23.0 Å². The van der Waals surface area contributed by atoms with Gasteiger partial charge in [-0.25, -0.2) is 14.4 Å². The lowest BCUT2D eigenvalue weighted by Gasteiger charge is -2.36. The molecule has 0 N–H and O–H groups in total. The van der Waals surface area contributed by atoms with Crippen molar-refractivity contribution < 1.29 is 33.3 Å². The van der Waals surface area contributed by atoms with E-state index >= 15 is 0 Å². The zero-order chi connectivity index (χ0) is 21.8. The molecule has 2 aliphatic rings. The second-order valence-corrected chi connectivity index (χ2v) is 7.50. The summed E-state index contributed by atoms with van der Waals surface area (Å²) in [6, 6.07) is 16.5. The van der Waals surface area contributed by atoms with Crippen LogP contribution in [0.15, 0.2) is 60.7 Å². The van der Waals surface area contributed by atoms with Crippen molar-refractivity contribution in [3.63, 3.8) is 0 Å². The van der Waals surface area contributed by atoms with Gasteiger partial charge < -0.3 is 18.9 Å². The summed E-state index contributed by atoms with van der Waals surface area (Å²) in [6.07, 6.45) is 0. The maximum atomic E-state index is 12.8. The van der Waals surface area contributed by atoms with E-state index in [0.29, 0.717) is 33.8 Å². The quantitative estimate of drug-likeness (QED) is 0.413. The van der Waals surface area contributed by atoms with Crippen LogP contribution in [0.25, 0.3) is 0 Å². The van der Waals surface area contributed by atoms with E-state index < -0.39 is 22.2 Å². The molecule has 0 radical (unpaired) electrons. The monoisotopic (exact) mass is 452 g/mol. The number of carbonyl (C=O) groups is 3. The van der Waals surface area contributed by atoms with E-state index in [0.717, 1.165) is 0 Å². The SMILES string of the molecule is O=C(S)Oc1ccc2c(c1)Oc1cc(OC(=O)S)ccc1C21OC(=O)c2ccccc21. The van der Waals surface area contributed by atoms with Crippen molar-refractivity contribution in [2.24, 2.45) is 0 Å². The normalized spacial score (nSPS) is 14.6. The van der Waals surface area contributed by atoms with Gasteiger partial charge in [0.25, 0.3) is 0 Å². The molecule has 0 fully saturated rings. The van der Waals surface area contributed by atoms with E-state index in [9.17, 15) is 14.4 Å². The molecular weight excluding hydrogens is 440 g/mol. The number of hydrogen-bond donors (Lipinski definition) is 2. The van der Waals surface area contributed by atoms with Gasteiger partial charge in [-0.3, -0.25) is 0 Å². The second-order valence-electron chi connectivity index (χ2n) is 6.77. The summed E-state index contributed by atoms with van der Waals surface area (Å²) in [5.74, 6) is 0.531. The highest BCUT2D eigenvalue weighted by Crippen LogP contribution is 2.57. The van der Waals surface area contributed by atoms with Gasteiger partial charge in [-0.2, -0.15) is 0 Å². The number of esters is 1. The predicted molar refractivity (Wildman–Crippen MR) is 115 cm³/mol. The van der Waals surface area contributed by atoms with Crippen LogP contribution in [0, 0.1) is 0 Å². The van der Waals surface area contributed by atoms with Crippen LogP contribution in [0.1, 0.15) is 27.0 Å². The number of fused-ring (bicyclic) bond motifs is 6. The van der Waals surface area contributed by atoms with Gasteiger partial charge in [0.1, 0.15) is 23.0 Å². The molecule has 0 bridgehead atoms. The van der Waals surface area contributed by atoms with Crippen molar-refractivity contribution >= 4 is 41.8 Å². The summed E-state index contributed by atoms with van der Waals surface area (Å²) in [5.41, 5.74) is 0.887. The number of benzene rings is 3. The summed E-state index contributed by atoms with van der Waals surface area (Å²) < 4.78 is 22.1. The van der Waals surface area contributed by atoms with Crippen LogP contribution in [0.2, 0.25) is 0 Å². The topological polar surface area (TPSA) is 88.1 Å². The Bertz CT molecular complexity index is 1220. The number of thiol groups is 2. The van der Waals surface area contributed by atoms with Gasteiger partial charge in [-0.1, -0.05) is 43.5 Å². The standard InChI is InChI=1S/C22H12O7S2/c23-19-13-3-1-2-4-14(13)22(29-19)15-7-5-11(26-20(24)30)9-17(15)28-18-10-12(27-21(25)31)6-8-16(18)22/h1-10H,(H,24,30)(H,25,31). The number of rotatable bonds is 2. The Morgan fingerprint density at radius 3 is 1.87 bits per heavy atom. The molecule has 0 unspecified atom stereocenters. The van der Waals surface area contributed by atoms with Crippen LogP contribution in [0.4, 0.5) is 9.59 Å². The highest BCUT2D eigenvalue weighted by atomic mass is 32.1. The first kappa shape index (κ1) is 19.5. The molecule has 154 valence electrons. The minimum Gasteiger partial charge on any atom is -0.456 e. The predicted octanol–water partition coefficient (Wildman–Crippen LogP) is 5.11. The molecule has 5 rings (SSSR count). The highest BCUT2D eigenvalue weighted by molar-refractivity contribution is 7.96. The smallest absolute Gasteiger partial charge is 0.369 e. The first-order valence-corrected chi connectivity index (χ1v) is 9.89. The molecule has 0 saturated heterocycles. The lowest BCUT2D eigenvalue weighted by molar-refractivity contribution is 0.0224. The van der Waals surface area contributed by atoms with Crippen LogP contribution in [-0.4, -0.2) is 16.6 Å². The van der Waals surface area contributed by atoms with E-state index in [1.54, 1.807) is 36.4 Å². The van der Waals surface area contributed by atoms with Gasteiger partial charge >= 0.3 is 16.6 Å². The average Bonchev–Trinajstić information content (AvgIpc) is 3.00. The molecule has 0 amide bonds. The minimum absolute atomic E-state index is 0.202. The molecule has 31 heavy (non-hydrogen) atoms. The molecule has 0 saturated carbocycles. The molecule has 1 spiro atoms. The number of carbonyl (C=O) groups excluding carboxylic acids is 3. The van der Waals surface area contributed by atoms with Gasteiger partial charge in [-0.15, -0.1) is 0 Å². The first-order valence-electron chi connectivity index (χ1n) is 9.00. The summed E-state index contributed by atoms with van der Waals surface area (Å²) >= 11 is 7.26. The Hall–Kier alpha value is -3.43. The molecular formula is C22H12O7S2. The van der Waals surface area contributed by atoms with Crippen molar-refractivity contribution in [1.82, 2.24) is 0 Å². The first-order chi connectivity index (χ1) is 14.9. The largest absolute Gasteiger partial charge is 0.456 e. The van der Waals surface area contributed by atoms with Gasteiger partial charge in [-0.05, 0) is 30.3 Å². The zero-order valence-corrected chi connectivity index (χ0v) is 17.3. The van der Waals surface area contributed by atoms with E-state index in [-0.39, 0.29) is 11.5 Å². The highest BCUT2D eigenvalue weighted by Gasteiger charge is 2.53. The molecule has 3 aromatic carbocycles. The average molecular weight is 452 g/mol. The van der Waals surface area contributed by atoms with E-state index in [4.69, 9.17) is 18.9 Å². The summed E-state index contributed by atoms with van der Waals surface area (Å²) in [6.45, 7) is 0. The molecule has 9 heteroatoms. The van der Waals surface area contributed by atoms with E-state index in [2.05, 4.69) is 25.3 Å². The maximum Gasteiger partial charge on any atom is 0.369 e. The fraction of sp³-hybridized carbons (Fsp3) is 0.0455. The third-order valence-electron chi connectivity index (χ3n) is 5.07. The van der Waals surface area contributed by atoms with Crippen molar-refractivity contribution in [2.75, 3.05) is 0 Å². The second kappa shape index (κ2) is 7.07. The Morgan fingerprint density at radius 1 is 0.774 bits per heavy atom. The fourth-order valence-corrected chi connectivity index (χ4v) is 4.18. The van der Waals surface area contributed by atoms with Gasteiger partial charge in [0, 0.05) is 28.8 Å². The molecule has 0 aromatic heterocycles. The van der Waals surface area contributed by atoms with Crippen molar-refractivity contribution in [2.45, 2.75) is 5.60 Å². The third kappa shape index (κ3) is 3.05. The van der Waals surface area contributed by atoms with Crippen molar-refractivity contribution in [3.05, 3.63) is 82.9 Å². The van der Waals surface area contributed by atoms with E-state index in [1.165, 1.54) is 12.1 Å². The molecule has 2 aliphatic heterocycles. The van der Waals surface area contributed by atoms with Crippen LogP contribution in [0.3, 0.4) is 0 Å². The van der Waals surface area contributed by atoms with Gasteiger partial charge in [0.15, 0.2) is 5.60 Å². The summed E-state index contributed by atoms with van der Waals surface area (Å²) in [7, 11) is 0. The van der Waals surface area contributed by atoms with Crippen molar-refractivity contribution in [1.29, 1.82) is 0 Å². The van der Waals surface area contributed by atoms with Crippen LogP contribution in [-0.2, 0) is 10.3 Å². The Kier molecular flexibility index (Phi) is 4.45. The lowest BCUT2D eigenvalue weighted by Crippen LogP contribution is -2.33. The number of hydrogen-bond acceptors (Lipinski definition) is 7. The third-order valence-corrected chi connectivity index (χ3v) is 5.25.